The van der Waals surface area contributed by atoms with Crippen molar-refractivity contribution in [2.75, 3.05) is 26.8 Å². The molecule has 2 aromatic rings. The number of carbonyl (C=O) groups is 2. The topological polar surface area (TPSA) is 83.0 Å². The van der Waals surface area contributed by atoms with Crippen LogP contribution in [0.4, 0.5) is 0 Å². The maximum absolute atomic E-state index is 13.2. The Morgan fingerprint density at radius 1 is 1.25 bits per heavy atom. The van der Waals surface area contributed by atoms with Crippen LogP contribution in [0.25, 0.3) is 0 Å². The lowest BCUT2D eigenvalue weighted by atomic mass is 10.1. The smallest absolute Gasteiger partial charge is 0.228 e. The van der Waals surface area contributed by atoms with E-state index in [2.05, 4.69) is 4.98 Å². The summed E-state index contributed by atoms with van der Waals surface area (Å²) < 4.78 is 5.05. The summed E-state index contributed by atoms with van der Waals surface area (Å²) in [6.45, 7) is 2.19. The molecule has 148 valence electrons. The van der Waals surface area contributed by atoms with Gasteiger partial charge in [-0.3, -0.25) is 14.6 Å². The number of aromatic hydroxyl groups is 1. The number of nitrogens with zero attached hydrogens (tertiary/aromatic N) is 3. The van der Waals surface area contributed by atoms with Crippen molar-refractivity contribution in [1.82, 2.24) is 14.8 Å². The van der Waals surface area contributed by atoms with Crippen LogP contribution in [0.2, 0.25) is 0 Å². The molecule has 0 saturated carbocycles. The molecule has 2 heterocycles. The minimum Gasteiger partial charge on any atom is -0.508 e. The van der Waals surface area contributed by atoms with Gasteiger partial charge >= 0.3 is 0 Å². The van der Waals surface area contributed by atoms with Crippen LogP contribution in [0.1, 0.15) is 17.5 Å². The zero-order valence-corrected chi connectivity index (χ0v) is 16.0. The second-order valence-corrected chi connectivity index (χ2v) is 6.96. The predicted molar refractivity (Wildman–Crippen MR) is 103 cm³/mol. The minimum absolute atomic E-state index is 0.0126. The molecule has 0 aliphatic carbocycles. The molecule has 7 nitrogen and oxygen atoms in total. The van der Waals surface area contributed by atoms with Gasteiger partial charge in [0.1, 0.15) is 5.75 Å². The van der Waals surface area contributed by atoms with Gasteiger partial charge in [0.15, 0.2) is 0 Å². The van der Waals surface area contributed by atoms with E-state index in [-0.39, 0.29) is 29.9 Å². The fraction of sp³-hybridized carbons (Fsp3) is 0.381. The summed E-state index contributed by atoms with van der Waals surface area (Å²) in [5.74, 6) is -0.242. The van der Waals surface area contributed by atoms with Gasteiger partial charge in [-0.2, -0.15) is 0 Å². The first-order valence-electron chi connectivity index (χ1n) is 9.29. The molecular formula is C21H25N3O4. The number of hydrogen-bond acceptors (Lipinski definition) is 5. The van der Waals surface area contributed by atoms with Crippen LogP contribution in [0.15, 0.2) is 48.8 Å². The van der Waals surface area contributed by atoms with E-state index in [0.29, 0.717) is 32.8 Å². The quantitative estimate of drug-likeness (QED) is 0.752. The third-order valence-electron chi connectivity index (χ3n) is 4.85. The van der Waals surface area contributed by atoms with Crippen molar-refractivity contribution in [3.63, 3.8) is 0 Å². The highest BCUT2D eigenvalue weighted by Crippen LogP contribution is 2.23. The summed E-state index contributed by atoms with van der Waals surface area (Å²) in [5.41, 5.74) is 1.84. The van der Waals surface area contributed by atoms with E-state index in [1.54, 1.807) is 53.6 Å². The maximum Gasteiger partial charge on any atom is 0.228 e. The van der Waals surface area contributed by atoms with Gasteiger partial charge in [0, 0.05) is 52.1 Å². The first-order chi connectivity index (χ1) is 13.6. The van der Waals surface area contributed by atoms with Crippen molar-refractivity contribution in [2.45, 2.75) is 19.5 Å². The van der Waals surface area contributed by atoms with Crippen LogP contribution >= 0.6 is 0 Å². The van der Waals surface area contributed by atoms with Crippen LogP contribution in [-0.2, 0) is 27.4 Å². The van der Waals surface area contributed by atoms with E-state index >= 15 is 0 Å². The van der Waals surface area contributed by atoms with Gasteiger partial charge in [0.25, 0.3) is 0 Å². The third-order valence-corrected chi connectivity index (χ3v) is 4.85. The Bertz CT molecular complexity index is 795. The lowest BCUT2D eigenvalue weighted by Gasteiger charge is -2.26. The summed E-state index contributed by atoms with van der Waals surface area (Å²) >= 11 is 0. The molecule has 0 bridgehead atoms. The Hall–Kier alpha value is -2.93. The summed E-state index contributed by atoms with van der Waals surface area (Å²) in [6.07, 6.45) is 3.66. The van der Waals surface area contributed by atoms with Crippen molar-refractivity contribution in [2.24, 2.45) is 5.92 Å². The van der Waals surface area contributed by atoms with Crippen LogP contribution < -0.4 is 0 Å². The second-order valence-electron chi connectivity index (χ2n) is 6.96. The van der Waals surface area contributed by atoms with Gasteiger partial charge in [-0.15, -0.1) is 0 Å². The summed E-state index contributed by atoms with van der Waals surface area (Å²) in [4.78, 5) is 33.0. The highest BCUT2D eigenvalue weighted by Gasteiger charge is 2.36. The summed E-state index contributed by atoms with van der Waals surface area (Å²) in [5, 5.41) is 9.49. The second kappa shape index (κ2) is 9.32. The highest BCUT2D eigenvalue weighted by molar-refractivity contribution is 5.89. The lowest BCUT2D eigenvalue weighted by Crippen LogP contribution is -2.37. The first-order valence-corrected chi connectivity index (χ1v) is 9.29. The molecule has 0 radical (unpaired) electrons. The van der Waals surface area contributed by atoms with Crippen LogP contribution in [-0.4, -0.2) is 58.5 Å². The molecule has 3 rings (SSSR count). The average molecular weight is 383 g/mol. The number of phenols is 1. The Labute approximate surface area is 164 Å². The highest BCUT2D eigenvalue weighted by atomic mass is 16.5. The molecule has 1 aliphatic heterocycles. The van der Waals surface area contributed by atoms with Gasteiger partial charge in [-0.1, -0.05) is 18.2 Å². The van der Waals surface area contributed by atoms with Crippen LogP contribution in [0, 0.1) is 5.92 Å². The minimum atomic E-state index is -0.363. The van der Waals surface area contributed by atoms with Gasteiger partial charge in [0.2, 0.25) is 11.8 Å². The number of rotatable bonds is 8. The number of carbonyl (C=O) groups excluding carboxylic acids is 2. The average Bonchev–Trinajstić information content (AvgIpc) is 3.08. The fourth-order valence-electron chi connectivity index (χ4n) is 3.36. The van der Waals surface area contributed by atoms with Gasteiger partial charge in [-0.25, -0.2) is 0 Å². The fourth-order valence-corrected chi connectivity index (χ4v) is 3.36. The van der Waals surface area contributed by atoms with Crippen molar-refractivity contribution >= 4 is 11.8 Å². The third kappa shape index (κ3) is 5.07. The molecule has 1 unspecified atom stereocenters. The number of pyridine rings is 1. The van der Waals surface area contributed by atoms with E-state index < -0.39 is 0 Å². The monoisotopic (exact) mass is 383 g/mol. The van der Waals surface area contributed by atoms with E-state index in [0.717, 1.165) is 11.1 Å². The molecule has 1 aromatic carbocycles. The van der Waals surface area contributed by atoms with Gasteiger partial charge in [-0.05, 0) is 29.3 Å². The predicted octanol–water partition coefficient (Wildman–Crippen LogP) is 1.81. The molecule has 0 spiro atoms. The van der Waals surface area contributed by atoms with E-state index in [4.69, 9.17) is 4.74 Å². The largest absolute Gasteiger partial charge is 0.508 e. The van der Waals surface area contributed by atoms with E-state index in [1.807, 2.05) is 12.1 Å². The molecule has 7 heteroatoms. The molecule has 1 N–H and O–H groups in total. The van der Waals surface area contributed by atoms with Gasteiger partial charge < -0.3 is 19.6 Å². The van der Waals surface area contributed by atoms with Crippen molar-refractivity contribution in [1.29, 1.82) is 0 Å². The van der Waals surface area contributed by atoms with Crippen molar-refractivity contribution in [3.8, 4) is 5.75 Å². The molecule has 1 aliphatic rings. The molecule has 28 heavy (non-hydrogen) atoms. The lowest BCUT2D eigenvalue weighted by molar-refractivity contribution is -0.137. The number of benzene rings is 1. The number of aromatic nitrogens is 1. The molecule has 2 amide bonds. The molecule has 1 atom stereocenters. The molecule has 1 saturated heterocycles. The number of amides is 2. The van der Waals surface area contributed by atoms with Crippen molar-refractivity contribution in [3.05, 3.63) is 59.9 Å². The number of ether oxygens (including phenoxy) is 1. The Morgan fingerprint density at radius 3 is 2.68 bits per heavy atom. The van der Waals surface area contributed by atoms with Crippen LogP contribution in [0.3, 0.4) is 0 Å². The number of hydrogen-bond donors (Lipinski definition) is 1. The molecular weight excluding hydrogens is 358 g/mol. The zero-order chi connectivity index (χ0) is 19.9. The maximum atomic E-state index is 13.2. The molecule has 1 fully saturated rings. The zero-order valence-electron chi connectivity index (χ0n) is 16.0. The standard InChI is InChI=1S/C21H25N3O4/c1-28-10-9-23-15-18(11-20(23)26)21(27)24(14-17-3-2-8-22-12-17)13-16-4-6-19(25)7-5-16/h2-8,12,18,25H,9-11,13-15H2,1H3. The van der Waals surface area contributed by atoms with E-state index in [1.165, 1.54) is 0 Å². The number of methoxy groups -OCH3 is 1. The SMILES string of the molecule is COCCN1CC(C(=O)N(Cc2ccc(O)cc2)Cc2cccnc2)CC1=O. The summed E-state index contributed by atoms with van der Waals surface area (Å²) in [7, 11) is 1.59. The van der Waals surface area contributed by atoms with Crippen LogP contribution in [0.5, 0.6) is 5.75 Å². The number of likely N-dealkylation sites (tertiary alicyclic amines) is 1. The number of phenolic OH excluding ortho intramolecular Hbond substituents is 1. The normalized spacial score (nSPS) is 16.4. The summed E-state index contributed by atoms with van der Waals surface area (Å²) in [6, 6.07) is 10.6. The Morgan fingerprint density at radius 2 is 2.00 bits per heavy atom. The Balaban J connectivity index is 1.74. The Kier molecular flexibility index (Phi) is 6.60. The van der Waals surface area contributed by atoms with E-state index in [9.17, 15) is 14.7 Å². The van der Waals surface area contributed by atoms with Gasteiger partial charge in [0.05, 0.1) is 12.5 Å². The van der Waals surface area contributed by atoms with Crippen molar-refractivity contribution < 1.29 is 19.4 Å². The molecule has 1 aromatic heterocycles. The first kappa shape index (κ1) is 19.8.